The zero-order valence-corrected chi connectivity index (χ0v) is 11.2. The van der Waals surface area contributed by atoms with E-state index in [2.05, 4.69) is 24.5 Å². The Labute approximate surface area is 99.1 Å². The lowest BCUT2D eigenvalue weighted by molar-refractivity contribution is -0.121. The zero-order chi connectivity index (χ0) is 12.6. The Hall–Kier alpha value is -0.610. The SMILES string of the molecule is CCC(C)(C)NC(=O)CNCC(C)COC. The van der Waals surface area contributed by atoms with Crippen LogP contribution in [0.2, 0.25) is 0 Å². The first-order chi connectivity index (χ1) is 7.41. The van der Waals surface area contributed by atoms with Crippen LogP contribution in [0.1, 0.15) is 34.1 Å². The zero-order valence-electron chi connectivity index (χ0n) is 11.2. The third-order valence-electron chi connectivity index (χ3n) is 2.59. The number of carbonyl (C=O) groups excluding carboxylic acids is 1. The van der Waals surface area contributed by atoms with Gasteiger partial charge in [-0.25, -0.2) is 0 Å². The van der Waals surface area contributed by atoms with E-state index in [-0.39, 0.29) is 11.4 Å². The highest BCUT2D eigenvalue weighted by Gasteiger charge is 2.17. The van der Waals surface area contributed by atoms with Crippen LogP contribution in [-0.2, 0) is 9.53 Å². The van der Waals surface area contributed by atoms with Crippen LogP contribution in [0.5, 0.6) is 0 Å². The van der Waals surface area contributed by atoms with E-state index in [4.69, 9.17) is 4.74 Å². The summed E-state index contributed by atoms with van der Waals surface area (Å²) in [6.45, 7) is 10.1. The number of hydrogen-bond donors (Lipinski definition) is 2. The summed E-state index contributed by atoms with van der Waals surface area (Å²) >= 11 is 0. The van der Waals surface area contributed by atoms with Crippen LogP contribution < -0.4 is 10.6 Å². The van der Waals surface area contributed by atoms with Crippen molar-refractivity contribution < 1.29 is 9.53 Å². The van der Waals surface area contributed by atoms with Gasteiger partial charge < -0.3 is 15.4 Å². The predicted molar refractivity (Wildman–Crippen MR) is 66.4 cm³/mol. The molecule has 0 rings (SSSR count). The fraction of sp³-hybridized carbons (Fsp3) is 0.917. The Morgan fingerprint density at radius 3 is 2.56 bits per heavy atom. The Bertz CT molecular complexity index is 205. The standard InChI is InChI=1S/C12H26N2O2/c1-6-12(3,4)14-11(15)8-13-7-10(2)9-16-5/h10,13H,6-9H2,1-5H3,(H,14,15). The number of nitrogens with one attached hydrogen (secondary N) is 2. The van der Waals surface area contributed by atoms with E-state index in [1.807, 2.05) is 13.8 Å². The van der Waals surface area contributed by atoms with Gasteiger partial charge in [-0.2, -0.15) is 0 Å². The molecule has 16 heavy (non-hydrogen) atoms. The molecule has 0 aromatic carbocycles. The van der Waals surface area contributed by atoms with E-state index < -0.39 is 0 Å². The molecule has 0 aliphatic rings. The molecule has 0 aromatic rings. The molecule has 0 aromatic heterocycles. The van der Waals surface area contributed by atoms with Crippen molar-refractivity contribution in [1.29, 1.82) is 0 Å². The van der Waals surface area contributed by atoms with Crippen molar-refractivity contribution in [2.75, 3.05) is 26.8 Å². The summed E-state index contributed by atoms with van der Waals surface area (Å²) in [5, 5.41) is 6.10. The fourth-order valence-electron chi connectivity index (χ4n) is 1.29. The van der Waals surface area contributed by atoms with Crippen LogP contribution in [-0.4, -0.2) is 38.3 Å². The topological polar surface area (TPSA) is 50.4 Å². The minimum absolute atomic E-state index is 0.0523. The Morgan fingerprint density at radius 1 is 1.44 bits per heavy atom. The van der Waals surface area contributed by atoms with E-state index in [0.29, 0.717) is 12.5 Å². The largest absolute Gasteiger partial charge is 0.384 e. The van der Waals surface area contributed by atoms with Crippen LogP contribution >= 0.6 is 0 Å². The van der Waals surface area contributed by atoms with Crippen molar-refractivity contribution in [2.45, 2.75) is 39.7 Å². The summed E-state index contributed by atoms with van der Waals surface area (Å²) in [4.78, 5) is 11.6. The second-order valence-electron chi connectivity index (χ2n) is 4.98. The summed E-state index contributed by atoms with van der Waals surface area (Å²) in [5.74, 6) is 0.480. The number of carbonyl (C=O) groups is 1. The van der Waals surface area contributed by atoms with Gasteiger partial charge in [-0.15, -0.1) is 0 Å². The molecule has 0 bridgehead atoms. The molecule has 0 aliphatic heterocycles. The average Bonchev–Trinajstić information content (AvgIpc) is 2.17. The minimum atomic E-state index is -0.114. The molecule has 0 heterocycles. The summed E-state index contributed by atoms with van der Waals surface area (Å²) in [7, 11) is 1.69. The van der Waals surface area contributed by atoms with Crippen LogP contribution in [0, 0.1) is 5.92 Å². The maximum Gasteiger partial charge on any atom is 0.234 e. The van der Waals surface area contributed by atoms with Crippen LogP contribution in [0.4, 0.5) is 0 Å². The Kier molecular flexibility index (Phi) is 7.34. The Balaban J connectivity index is 3.66. The van der Waals surface area contributed by atoms with Gasteiger partial charge in [0.2, 0.25) is 5.91 Å². The van der Waals surface area contributed by atoms with E-state index >= 15 is 0 Å². The molecular weight excluding hydrogens is 204 g/mol. The third-order valence-corrected chi connectivity index (χ3v) is 2.59. The molecule has 4 heteroatoms. The van der Waals surface area contributed by atoms with E-state index in [9.17, 15) is 4.79 Å². The monoisotopic (exact) mass is 230 g/mol. The second-order valence-corrected chi connectivity index (χ2v) is 4.98. The summed E-state index contributed by atoms with van der Waals surface area (Å²) in [6, 6.07) is 0. The lowest BCUT2D eigenvalue weighted by atomic mass is 10.0. The van der Waals surface area contributed by atoms with Gasteiger partial charge in [0.15, 0.2) is 0 Å². The van der Waals surface area contributed by atoms with Crippen molar-refractivity contribution in [3.05, 3.63) is 0 Å². The maximum absolute atomic E-state index is 11.6. The quantitative estimate of drug-likeness (QED) is 0.658. The highest BCUT2D eigenvalue weighted by Crippen LogP contribution is 2.05. The summed E-state index contributed by atoms with van der Waals surface area (Å²) in [5.41, 5.74) is -0.114. The first-order valence-corrected chi connectivity index (χ1v) is 5.92. The molecule has 0 radical (unpaired) electrons. The molecule has 4 nitrogen and oxygen atoms in total. The number of hydrogen-bond acceptors (Lipinski definition) is 3. The molecular formula is C12H26N2O2. The van der Waals surface area contributed by atoms with Gasteiger partial charge in [-0.3, -0.25) is 4.79 Å². The first kappa shape index (κ1) is 15.4. The number of rotatable bonds is 8. The van der Waals surface area contributed by atoms with Gasteiger partial charge in [0.05, 0.1) is 6.54 Å². The maximum atomic E-state index is 11.6. The van der Waals surface area contributed by atoms with Gasteiger partial charge in [-0.1, -0.05) is 13.8 Å². The Morgan fingerprint density at radius 2 is 2.06 bits per heavy atom. The molecule has 0 fully saturated rings. The summed E-state index contributed by atoms with van der Waals surface area (Å²) < 4.78 is 5.02. The number of methoxy groups -OCH3 is 1. The molecule has 2 N–H and O–H groups in total. The summed E-state index contributed by atoms with van der Waals surface area (Å²) in [6.07, 6.45) is 0.929. The van der Waals surface area contributed by atoms with Crippen LogP contribution in [0.3, 0.4) is 0 Å². The molecule has 96 valence electrons. The normalized spacial score (nSPS) is 13.6. The first-order valence-electron chi connectivity index (χ1n) is 5.92. The van der Waals surface area contributed by atoms with Crippen LogP contribution in [0.25, 0.3) is 0 Å². The van der Waals surface area contributed by atoms with Crippen molar-refractivity contribution in [3.63, 3.8) is 0 Å². The molecule has 1 atom stereocenters. The minimum Gasteiger partial charge on any atom is -0.384 e. The third kappa shape index (κ3) is 7.65. The van der Waals surface area contributed by atoms with Gasteiger partial charge >= 0.3 is 0 Å². The number of amides is 1. The highest BCUT2D eigenvalue weighted by molar-refractivity contribution is 5.78. The lowest BCUT2D eigenvalue weighted by Gasteiger charge is -2.24. The smallest absolute Gasteiger partial charge is 0.234 e. The van der Waals surface area contributed by atoms with Gasteiger partial charge in [0.25, 0.3) is 0 Å². The van der Waals surface area contributed by atoms with Gasteiger partial charge in [0.1, 0.15) is 0 Å². The fourth-order valence-corrected chi connectivity index (χ4v) is 1.29. The number of ether oxygens (including phenoxy) is 1. The lowest BCUT2D eigenvalue weighted by Crippen LogP contribution is -2.47. The van der Waals surface area contributed by atoms with Crippen LogP contribution in [0.15, 0.2) is 0 Å². The molecule has 0 saturated carbocycles. The van der Waals surface area contributed by atoms with Gasteiger partial charge in [-0.05, 0) is 26.2 Å². The van der Waals surface area contributed by atoms with Crippen molar-refractivity contribution in [2.24, 2.45) is 5.92 Å². The molecule has 0 spiro atoms. The predicted octanol–water partition coefficient (Wildman–Crippen LogP) is 1.16. The van der Waals surface area contributed by atoms with Crippen molar-refractivity contribution >= 4 is 5.91 Å². The van der Waals surface area contributed by atoms with Crippen molar-refractivity contribution in [1.82, 2.24) is 10.6 Å². The molecule has 1 amide bonds. The molecule has 0 aliphatic carbocycles. The second kappa shape index (κ2) is 7.63. The molecule has 0 saturated heterocycles. The highest BCUT2D eigenvalue weighted by atomic mass is 16.5. The van der Waals surface area contributed by atoms with Crippen molar-refractivity contribution in [3.8, 4) is 0 Å². The van der Waals surface area contributed by atoms with E-state index in [1.165, 1.54) is 0 Å². The van der Waals surface area contributed by atoms with E-state index in [1.54, 1.807) is 7.11 Å². The van der Waals surface area contributed by atoms with E-state index in [0.717, 1.165) is 19.6 Å². The average molecular weight is 230 g/mol. The molecule has 1 unspecified atom stereocenters. The van der Waals surface area contributed by atoms with Gasteiger partial charge in [0, 0.05) is 25.8 Å².